The summed E-state index contributed by atoms with van der Waals surface area (Å²) in [6, 6.07) is 9.76. The summed E-state index contributed by atoms with van der Waals surface area (Å²) in [4.78, 5) is 16.5. The van der Waals surface area contributed by atoms with Crippen LogP contribution in [0.25, 0.3) is 11.5 Å². The van der Waals surface area contributed by atoms with Gasteiger partial charge in [0.25, 0.3) is 5.91 Å². The van der Waals surface area contributed by atoms with Crippen molar-refractivity contribution in [2.75, 3.05) is 13.1 Å². The number of benzene rings is 1. The van der Waals surface area contributed by atoms with Crippen molar-refractivity contribution in [2.45, 2.75) is 19.4 Å². The highest BCUT2D eigenvalue weighted by Crippen LogP contribution is 2.21. The molecule has 6 heteroatoms. The number of carbonyl (C=O) groups is 1. The van der Waals surface area contributed by atoms with Crippen LogP contribution >= 0.6 is 12.4 Å². The number of rotatable bonds is 3. The molecule has 1 fully saturated rings. The number of hydrogen-bond donors (Lipinski definition) is 2. The van der Waals surface area contributed by atoms with Crippen molar-refractivity contribution in [3.05, 3.63) is 41.8 Å². The molecule has 112 valence electrons. The first-order chi connectivity index (χ1) is 9.74. The summed E-state index contributed by atoms with van der Waals surface area (Å²) in [6.45, 7) is 3.54. The van der Waals surface area contributed by atoms with E-state index in [1.165, 1.54) is 0 Å². The standard InChI is InChI=1S/C15H17N3O2.ClH/c1-10-13(14(19)18-12-7-8-16-9-12)20-15(17-10)11-5-3-2-4-6-11;/h2-6,12,16H,7-9H2,1H3,(H,18,19);1H. The van der Waals surface area contributed by atoms with E-state index in [4.69, 9.17) is 4.42 Å². The lowest BCUT2D eigenvalue weighted by molar-refractivity contribution is 0.0912. The lowest BCUT2D eigenvalue weighted by Crippen LogP contribution is -2.36. The van der Waals surface area contributed by atoms with Gasteiger partial charge in [-0.3, -0.25) is 4.79 Å². The Hall–Kier alpha value is -1.85. The van der Waals surface area contributed by atoms with Gasteiger partial charge in [0.2, 0.25) is 11.7 Å². The fourth-order valence-corrected chi connectivity index (χ4v) is 2.34. The molecular formula is C15H18ClN3O2. The van der Waals surface area contributed by atoms with E-state index < -0.39 is 0 Å². The number of hydrogen-bond acceptors (Lipinski definition) is 4. The molecule has 0 radical (unpaired) electrons. The van der Waals surface area contributed by atoms with Crippen LogP contribution in [0.4, 0.5) is 0 Å². The van der Waals surface area contributed by atoms with Gasteiger partial charge >= 0.3 is 0 Å². The number of carbonyl (C=O) groups excluding carboxylic acids is 1. The predicted molar refractivity (Wildman–Crippen MR) is 82.7 cm³/mol. The van der Waals surface area contributed by atoms with E-state index in [1.807, 2.05) is 30.3 Å². The van der Waals surface area contributed by atoms with E-state index in [2.05, 4.69) is 15.6 Å². The maximum absolute atomic E-state index is 12.2. The van der Waals surface area contributed by atoms with Crippen LogP contribution in [0, 0.1) is 6.92 Å². The smallest absolute Gasteiger partial charge is 0.289 e. The molecule has 2 heterocycles. The monoisotopic (exact) mass is 307 g/mol. The molecule has 1 atom stereocenters. The Morgan fingerprint density at radius 3 is 2.81 bits per heavy atom. The molecule has 1 saturated heterocycles. The maximum Gasteiger partial charge on any atom is 0.289 e. The lowest BCUT2D eigenvalue weighted by Gasteiger charge is -2.09. The molecule has 0 saturated carbocycles. The normalized spacial score (nSPS) is 17.3. The average molecular weight is 308 g/mol. The van der Waals surface area contributed by atoms with Gasteiger partial charge in [-0.2, -0.15) is 0 Å². The first-order valence-corrected chi connectivity index (χ1v) is 6.78. The van der Waals surface area contributed by atoms with E-state index in [0.717, 1.165) is 25.1 Å². The molecule has 0 aliphatic carbocycles. The summed E-state index contributed by atoms with van der Waals surface area (Å²) >= 11 is 0. The first kappa shape index (κ1) is 15.5. The predicted octanol–water partition coefficient (Wildman–Crippen LogP) is 2.16. The number of aryl methyl sites for hydroxylation is 1. The highest BCUT2D eigenvalue weighted by molar-refractivity contribution is 5.93. The molecular weight excluding hydrogens is 290 g/mol. The average Bonchev–Trinajstić information content (AvgIpc) is 3.09. The lowest BCUT2D eigenvalue weighted by atomic mass is 10.2. The minimum absolute atomic E-state index is 0. The minimum Gasteiger partial charge on any atom is -0.431 e. The van der Waals surface area contributed by atoms with Crippen LogP contribution < -0.4 is 10.6 Å². The van der Waals surface area contributed by atoms with Crippen molar-refractivity contribution in [3.63, 3.8) is 0 Å². The molecule has 0 spiro atoms. The Morgan fingerprint density at radius 1 is 1.38 bits per heavy atom. The van der Waals surface area contributed by atoms with Crippen LogP contribution in [0.15, 0.2) is 34.7 Å². The third kappa shape index (κ3) is 3.43. The van der Waals surface area contributed by atoms with E-state index in [0.29, 0.717) is 17.3 Å². The zero-order valence-corrected chi connectivity index (χ0v) is 12.6. The first-order valence-electron chi connectivity index (χ1n) is 6.78. The van der Waals surface area contributed by atoms with Gasteiger partial charge in [-0.05, 0) is 32.0 Å². The molecule has 1 aliphatic heterocycles. The van der Waals surface area contributed by atoms with E-state index in [1.54, 1.807) is 6.92 Å². The number of amides is 1. The maximum atomic E-state index is 12.2. The Balaban J connectivity index is 0.00000161. The molecule has 2 N–H and O–H groups in total. The summed E-state index contributed by atoms with van der Waals surface area (Å²) in [5.74, 6) is 0.597. The minimum atomic E-state index is -0.189. The highest BCUT2D eigenvalue weighted by Gasteiger charge is 2.22. The van der Waals surface area contributed by atoms with E-state index in [9.17, 15) is 4.79 Å². The van der Waals surface area contributed by atoms with Crippen LogP contribution in [0.3, 0.4) is 0 Å². The van der Waals surface area contributed by atoms with Crippen molar-refractivity contribution >= 4 is 18.3 Å². The summed E-state index contributed by atoms with van der Waals surface area (Å²) in [5.41, 5.74) is 1.49. The van der Waals surface area contributed by atoms with Gasteiger partial charge < -0.3 is 15.1 Å². The van der Waals surface area contributed by atoms with Crippen molar-refractivity contribution in [2.24, 2.45) is 0 Å². The second-order valence-electron chi connectivity index (χ2n) is 4.96. The molecule has 1 unspecified atom stereocenters. The largest absolute Gasteiger partial charge is 0.431 e. The van der Waals surface area contributed by atoms with E-state index >= 15 is 0 Å². The van der Waals surface area contributed by atoms with Crippen molar-refractivity contribution in [3.8, 4) is 11.5 Å². The summed E-state index contributed by atoms with van der Waals surface area (Å²) in [7, 11) is 0. The second kappa shape index (κ2) is 6.74. The van der Waals surface area contributed by atoms with Gasteiger partial charge in [0, 0.05) is 18.2 Å². The summed E-state index contributed by atoms with van der Waals surface area (Å²) in [6.07, 6.45) is 0.949. The molecule has 21 heavy (non-hydrogen) atoms. The Bertz CT molecular complexity index is 607. The number of halogens is 1. The Labute approximate surface area is 129 Å². The Kier molecular flexibility index (Phi) is 4.98. The Morgan fingerprint density at radius 2 is 2.14 bits per heavy atom. The van der Waals surface area contributed by atoms with Crippen LogP contribution in [-0.4, -0.2) is 30.0 Å². The topological polar surface area (TPSA) is 67.2 Å². The van der Waals surface area contributed by atoms with Gasteiger partial charge in [-0.1, -0.05) is 18.2 Å². The van der Waals surface area contributed by atoms with Crippen LogP contribution in [0.1, 0.15) is 22.7 Å². The fraction of sp³-hybridized carbons (Fsp3) is 0.333. The van der Waals surface area contributed by atoms with Crippen molar-refractivity contribution in [1.82, 2.24) is 15.6 Å². The second-order valence-corrected chi connectivity index (χ2v) is 4.96. The molecule has 1 aromatic carbocycles. The van der Waals surface area contributed by atoms with Crippen molar-refractivity contribution in [1.29, 1.82) is 0 Å². The van der Waals surface area contributed by atoms with Gasteiger partial charge in [-0.25, -0.2) is 4.98 Å². The van der Waals surface area contributed by atoms with Crippen molar-refractivity contribution < 1.29 is 9.21 Å². The third-order valence-corrected chi connectivity index (χ3v) is 3.42. The quantitative estimate of drug-likeness (QED) is 0.912. The van der Waals surface area contributed by atoms with Gasteiger partial charge in [0.1, 0.15) is 0 Å². The molecule has 0 bridgehead atoms. The molecule has 5 nitrogen and oxygen atoms in total. The van der Waals surface area contributed by atoms with Gasteiger partial charge in [0.15, 0.2) is 0 Å². The zero-order valence-electron chi connectivity index (χ0n) is 11.8. The van der Waals surface area contributed by atoms with Crippen LogP contribution in [-0.2, 0) is 0 Å². The number of nitrogens with one attached hydrogen (secondary N) is 2. The summed E-state index contributed by atoms with van der Waals surface area (Å²) in [5, 5.41) is 6.18. The molecule has 3 rings (SSSR count). The molecule has 1 aromatic heterocycles. The zero-order chi connectivity index (χ0) is 13.9. The SMILES string of the molecule is Cc1nc(-c2ccccc2)oc1C(=O)NC1CCNC1.Cl. The fourth-order valence-electron chi connectivity index (χ4n) is 2.34. The number of nitrogens with zero attached hydrogens (tertiary/aromatic N) is 1. The van der Waals surface area contributed by atoms with Gasteiger partial charge in [0.05, 0.1) is 5.69 Å². The van der Waals surface area contributed by atoms with Crippen LogP contribution in [0.2, 0.25) is 0 Å². The number of aromatic nitrogens is 1. The highest BCUT2D eigenvalue weighted by atomic mass is 35.5. The third-order valence-electron chi connectivity index (χ3n) is 3.42. The number of oxazole rings is 1. The van der Waals surface area contributed by atoms with Crippen LogP contribution in [0.5, 0.6) is 0 Å². The molecule has 1 amide bonds. The summed E-state index contributed by atoms with van der Waals surface area (Å²) < 4.78 is 5.63. The molecule has 2 aromatic rings. The van der Waals surface area contributed by atoms with Gasteiger partial charge in [-0.15, -0.1) is 12.4 Å². The molecule has 1 aliphatic rings. The van der Waals surface area contributed by atoms with E-state index in [-0.39, 0.29) is 24.4 Å².